The number of benzene rings is 3. The Morgan fingerprint density at radius 2 is 1.58 bits per heavy atom. The fourth-order valence-electron chi connectivity index (χ4n) is 4.40. The summed E-state index contributed by atoms with van der Waals surface area (Å²) < 4.78 is 11.6. The lowest BCUT2D eigenvalue weighted by Gasteiger charge is -2.15. The standard InChI is InChI=1S/C30H35N3O3/c1-5-17-33(4)20-21-13-15-23(16-14-21)31-29(22-11-9-8-10-12-22)28-24-18-26(35-6-2)27(36-7-3)19-25(24)32-30(28)34/h8-16,18-19,32,34H,5-7,17,20H2,1-4H3. The van der Waals surface area contributed by atoms with Crippen LogP contribution in [0.5, 0.6) is 17.4 Å². The second kappa shape index (κ2) is 11.8. The minimum atomic E-state index is 0.0570. The van der Waals surface area contributed by atoms with Gasteiger partial charge in [-0.3, -0.25) is 0 Å². The summed E-state index contributed by atoms with van der Waals surface area (Å²) >= 11 is 0. The number of nitrogens with zero attached hydrogens (tertiary/aromatic N) is 2. The smallest absolute Gasteiger partial charge is 0.199 e. The Kier molecular flexibility index (Phi) is 8.28. The number of hydrogen-bond donors (Lipinski definition) is 2. The van der Waals surface area contributed by atoms with Crippen molar-refractivity contribution in [2.75, 3.05) is 26.8 Å². The molecule has 0 spiro atoms. The molecule has 0 aliphatic rings. The molecule has 0 atom stereocenters. The maximum atomic E-state index is 11.1. The molecule has 0 unspecified atom stereocenters. The molecule has 0 radical (unpaired) electrons. The Bertz CT molecular complexity index is 1310. The van der Waals surface area contributed by atoms with Gasteiger partial charge in [-0.05, 0) is 57.6 Å². The van der Waals surface area contributed by atoms with Crippen molar-refractivity contribution < 1.29 is 14.6 Å². The molecular formula is C30H35N3O3. The van der Waals surface area contributed by atoms with Gasteiger partial charge in [0.15, 0.2) is 17.4 Å². The van der Waals surface area contributed by atoms with Gasteiger partial charge in [0.25, 0.3) is 0 Å². The first-order valence-corrected chi connectivity index (χ1v) is 12.6. The Morgan fingerprint density at radius 1 is 0.917 bits per heavy atom. The van der Waals surface area contributed by atoms with Crippen LogP contribution < -0.4 is 9.47 Å². The van der Waals surface area contributed by atoms with E-state index in [1.807, 2.05) is 68.4 Å². The number of aromatic amines is 1. The molecule has 36 heavy (non-hydrogen) atoms. The van der Waals surface area contributed by atoms with Gasteiger partial charge < -0.3 is 24.5 Å². The van der Waals surface area contributed by atoms with Crippen molar-refractivity contribution in [2.24, 2.45) is 4.99 Å². The van der Waals surface area contributed by atoms with E-state index in [4.69, 9.17) is 14.5 Å². The van der Waals surface area contributed by atoms with Crippen molar-refractivity contribution >= 4 is 22.3 Å². The van der Waals surface area contributed by atoms with Crippen molar-refractivity contribution in [3.8, 4) is 17.4 Å². The van der Waals surface area contributed by atoms with Crippen LogP contribution in [0, 0.1) is 0 Å². The highest BCUT2D eigenvalue weighted by Crippen LogP contribution is 2.38. The third-order valence-electron chi connectivity index (χ3n) is 5.96. The second-order valence-corrected chi connectivity index (χ2v) is 8.79. The van der Waals surface area contributed by atoms with Crippen LogP contribution in [0.3, 0.4) is 0 Å². The maximum absolute atomic E-state index is 11.1. The Balaban J connectivity index is 1.82. The minimum absolute atomic E-state index is 0.0570. The Morgan fingerprint density at radius 3 is 2.22 bits per heavy atom. The largest absolute Gasteiger partial charge is 0.494 e. The number of aromatic nitrogens is 1. The minimum Gasteiger partial charge on any atom is -0.494 e. The molecule has 0 saturated carbocycles. The molecular weight excluding hydrogens is 450 g/mol. The topological polar surface area (TPSA) is 70.1 Å². The third-order valence-corrected chi connectivity index (χ3v) is 5.96. The van der Waals surface area contributed by atoms with Crippen molar-refractivity contribution in [2.45, 2.75) is 33.7 Å². The molecule has 6 heteroatoms. The lowest BCUT2D eigenvalue weighted by atomic mass is 10.0. The van der Waals surface area contributed by atoms with Crippen LogP contribution >= 0.6 is 0 Å². The van der Waals surface area contributed by atoms with Gasteiger partial charge in [-0.15, -0.1) is 0 Å². The number of nitrogens with one attached hydrogen (secondary N) is 1. The SMILES string of the molecule is CCCN(C)Cc1ccc(N=C(c2ccccc2)c2c(O)[nH]c3cc(OCC)c(OCC)cc23)cc1. The molecule has 1 aromatic heterocycles. The Labute approximate surface area is 213 Å². The predicted octanol–water partition coefficient (Wildman–Crippen LogP) is 6.68. The quantitative estimate of drug-likeness (QED) is 0.232. The first-order valence-electron chi connectivity index (χ1n) is 12.6. The molecule has 0 aliphatic heterocycles. The second-order valence-electron chi connectivity index (χ2n) is 8.79. The van der Waals surface area contributed by atoms with E-state index in [-0.39, 0.29) is 5.88 Å². The van der Waals surface area contributed by atoms with Crippen molar-refractivity contribution in [3.63, 3.8) is 0 Å². The van der Waals surface area contributed by atoms with E-state index in [1.54, 1.807) is 0 Å². The first-order chi connectivity index (χ1) is 17.5. The number of aromatic hydroxyl groups is 1. The lowest BCUT2D eigenvalue weighted by Crippen LogP contribution is -2.18. The summed E-state index contributed by atoms with van der Waals surface area (Å²) in [7, 11) is 2.14. The van der Waals surface area contributed by atoms with Crippen LogP contribution in [-0.4, -0.2) is 47.5 Å². The van der Waals surface area contributed by atoms with Gasteiger partial charge in [0.1, 0.15) is 0 Å². The van der Waals surface area contributed by atoms with Crippen LogP contribution in [0.2, 0.25) is 0 Å². The number of aliphatic imine (C=N–C) groups is 1. The molecule has 3 aromatic carbocycles. The van der Waals surface area contributed by atoms with Crippen LogP contribution in [0.15, 0.2) is 71.7 Å². The predicted molar refractivity (Wildman–Crippen MR) is 147 cm³/mol. The molecule has 0 fully saturated rings. The molecule has 188 valence electrons. The maximum Gasteiger partial charge on any atom is 0.199 e. The van der Waals surface area contributed by atoms with E-state index in [1.165, 1.54) is 5.56 Å². The fourth-order valence-corrected chi connectivity index (χ4v) is 4.40. The highest BCUT2D eigenvalue weighted by molar-refractivity contribution is 6.22. The van der Waals surface area contributed by atoms with E-state index >= 15 is 0 Å². The molecule has 4 aromatic rings. The number of rotatable bonds is 11. The average Bonchev–Trinajstić information content (AvgIpc) is 3.19. The highest BCUT2D eigenvalue weighted by atomic mass is 16.5. The molecule has 0 amide bonds. The van der Waals surface area contributed by atoms with Crippen LogP contribution in [-0.2, 0) is 6.54 Å². The molecule has 6 nitrogen and oxygen atoms in total. The van der Waals surface area contributed by atoms with Crippen LogP contribution in [0.25, 0.3) is 10.9 Å². The zero-order chi connectivity index (χ0) is 25.5. The van der Waals surface area contributed by atoms with Crippen LogP contribution in [0.4, 0.5) is 5.69 Å². The first kappa shape index (κ1) is 25.3. The average molecular weight is 486 g/mol. The van der Waals surface area contributed by atoms with Crippen LogP contribution in [0.1, 0.15) is 43.9 Å². The van der Waals surface area contributed by atoms with Gasteiger partial charge in [0.2, 0.25) is 0 Å². The van der Waals surface area contributed by atoms with Gasteiger partial charge >= 0.3 is 0 Å². The summed E-state index contributed by atoms with van der Waals surface area (Å²) in [5.41, 5.74) is 5.04. The van der Waals surface area contributed by atoms with Gasteiger partial charge in [-0.25, -0.2) is 4.99 Å². The molecule has 2 N–H and O–H groups in total. The van der Waals surface area contributed by atoms with Gasteiger partial charge in [0.05, 0.1) is 35.7 Å². The number of fused-ring (bicyclic) bond motifs is 1. The summed E-state index contributed by atoms with van der Waals surface area (Å²) in [5.74, 6) is 1.34. The Hall–Kier alpha value is -3.77. The fraction of sp³-hybridized carbons (Fsp3) is 0.300. The molecule has 1 heterocycles. The highest BCUT2D eigenvalue weighted by Gasteiger charge is 2.21. The molecule has 0 bridgehead atoms. The molecule has 0 saturated heterocycles. The normalized spacial score (nSPS) is 11.9. The number of hydrogen-bond acceptors (Lipinski definition) is 5. The zero-order valence-electron chi connectivity index (χ0n) is 21.5. The molecule has 4 rings (SSSR count). The summed E-state index contributed by atoms with van der Waals surface area (Å²) in [6.45, 7) is 9.06. The zero-order valence-corrected chi connectivity index (χ0v) is 21.5. The van der Waals surface area contributed by atoms with E-state index in [0.29, 0.717) is 36.0 Å². The number of H-pyrrole nitrogens is 1. The van der Waals surface area contributed by atoms with Gasteiger partial charge in [0, 0.05) is 23.6 Å². The van der Waals surface area contributed by atoms with Crippen molar-refractivity contribution in [3.05, 3.63) is 83.4 Å². The third kappa shape index (κ3) is 5.71. The lowest BCUT2D eigenvalue weighted by molar-refractivity contribution is 0.288. The number of ether oxygens (including phenoxy) is 2. The van der Waals surface area contributed by atoms with Crippen molar-refractivity contribution in [1.82, 2.24) is 9.88 Å². The van der Waals surface area contributed by atoms with E-state index in [9.17, 15) is 5.11 Å². The van der Waals surface area contributed by atoms with E-state index in [2.05, 4.69) is 36.0 Å². The van der Waals surface area contributed by atoms with E-state index in [0.717, 1.165) is 41.7 Å². The van der Waals surface area contributed by atoms with Gasteiger partial charge in [-0.2, -0.15) is 0 Å². The summed E-state index contributed by atoms with van der Waals surface area (Å²) in [4.78, 5) is 10.4. The van der Waals surface area contributed by atoms with Crippen molar-refractivity contribution in [1.29, 1.82) is 0 Å². The molecule has 0 aliphatic carbocycles. The summed E-state index contributed by atoms with van der Waals surface area (Å²) in [6.07, 6.45) is 1.13. The van der Waals surface area contributed by atoms with Gasteiger partial charge in [-0.1, -0.05) is 49.4 Å². The monoisotopic (exact) mass is 485 g/mol. The summed E-state index contributed by atoms with van der Waals surface area (Å²) in [5, 5.41) is 11.9. The summed E-state index contributed by atoms with van der Waals surface area (Å²) in [6, 6.07) is 22.0. The van der Waals surface area contributed by atoms with E-state index < -0.39 is 0 Å².